The second-order valence-corrected chi connectivity index (χ2v) is 7.64. The van der Waals surface area contributed by atoms with Crippen molar-refractivity contribution in [2.24, 2.45) is 10.8 Å². The fourth-order valence-electron chi connectivity index (χ4n) is 2.97. The molecule has 0 unspecified atom stereocenters. The van der Waals surface area contributed by atoms with E-state index < -0.39 is 0 Å². The molecule has 112 valence electrons. The Balaban J connectivity index is 2.17. The van der Waals surface area contributed by atoms with Gasteiger partial charge in [0.15, 0.2) is 0 Å². The average molecular weight is 283 g/mol. The molecule has 0 atom stereocenters. The van der Waals surface area contributed by atoms with Crippen molar-refractivity contribution >= 4 is 22.4 Å². The molecule has 2 nitrogen and oxygen atoms in total. The lowest BCUT2D eigenvalue weighted by atomic mass is 9.75. The highest BCUT2D eigenvalue weighted by molar-refractivity contribution is 5.97. The third-order valence-electron chi connectivity index (χ3n) is 3.59. The topological polar surface area (TPSA) is 29.1 Å². The van der Waals surface area contributed by atoms with Gasteiger partial charge in [0.05, 0.1) is 0 Å². The van der Waals surface area contributed by atoms with E-state index >= 15 is 0 Å². The van der Waals surface area contributed by atoms with Gasteiger partial charge < -0.3 is 5.32 Å². The van der Waals surface area contributed by atoms with E-state index in [9.17, 15) is 4.79 Å². The Morgan fingerprint density at radius 1 is 0.952 bits per heavy atom. The zero-order chi connectivity index (χ0) is 15.7. The van der Waals surface area contributed by atoms with Gasteiger partial charge in [-0.25, -0.2) is 0 Å². The second-order valence-electron chi connectivity index (χ2n) is 7.64. The minimum absolute atomic E-state index is 0.0766. The molecule has 0 fully saturated rings. The van der Waals surface area contributed by atoms with Gasteiger partial charge >= 0.3 is 0 Å². The number of hydrogen-bond acceptors (Lipinski definition) is 1. The molecular formula is C19H25NO. The molecule has 0 spiro atoms. The first-order valence-electron chi connectivity index (χ1n) is 7.48. The molecule has 0 radical (unpaired) electrons. The normalized spacial score (nSPS) is 12.4. The molecule has 2 aromatic carbocycles. The van der Waals surface area contributed by atoms with Crippen LogP contribution in [-0.4, -0.2) is 5.91 Å². The summed E-state index contributed by atoms with van der Waals surface area (Å²) in [5.74, 6) is 0.0766. The molecule has 0 aliphatic rings. The Morgan fingerprint density at radius 2 is 1.57 bits per heavy atom. The first-order chi connectivity index (χ1) is 9.67. The van der Waals surface area contributed by atoms with E-state index in [2.05, 4.69) is 38.2 Å². The fourth-order valence-corrected chi connectivity index (χ4v) is 2.97. The molecular weight excluding hydrogens is 258 g/mol. The summed E-state index contributed by atoms with van der Waals surface area (Å²) >= 11 is 0. The average Bonchev–Trinajstić information content (AvgIpc) is 2.35. The van der Waals surface area contributed by atoms with Gasteiger partial charge in [0.25, 0.3) is 0 Å². The maximum Gasteiger partial charge on any atom is 0.230 e. The molecule has 0 bridgehead atoms. The predicted molar refractivity (Wildman–Crippen MR) is 90.4 cm³/mol. The number of amides is 1. The molecule has 2 heteroatoms. The highest BCUT2D eigenvalue weighted by Crippen LogP contribution is 2.34. The Hall–Kier alpha value is -1.83. The van der Waals surface area contributed by atoms with E-state index in [1.165, 1.54) is 5.39 Å². The lowest BCUT2D eigenvalue weighted by molar-refractivity contribution is -0.125. The van der Waals surface area contributed by atoms with Gasteiger partial charge in [-0.1, -0.05) is 65.0 Å². The highest BCUT2D eigenvalue weighted by Gasteiger charge is 2.32. The van der Waals surface area contributed by atoms with Crippen LogP contribution in [0.1, 0.15) is 41.0 Å². The maximum absolute atomic E-state index is 12.5. The second kappa shape index (κ2) is 5.51. The van der Waals surface area contributed by atoms with Crippen LogP contribution in [0.15, 0.2) is 42.5 Å². The number of nitrogens with one attached hydrogen (secondary N) is 1. The molecule has 0 saturated heterocycles. The molecule has 1 N–H and O–H groups in total. The molecule has 0 aliphatic heterocycles. The number of fused-ring (bicyclic) bond motifs is 1. The van der Waals surface area contributed by atoms with Gasteiger partial charge in [0, 0.05) is 11.1 Å². The van der Waals surface area contributed by atoms with Crippen LogP contribution in [0, 0.1) is 10.8 Å². The van der Waals surface area contributed by atoms with Crippen LogP contribution in [0.3, 0.4) is 0 Å². The van der Waals surface area contributed by atoms with Crippen LogP contribution in [-0.2, 0) is 4.79 Å². The fraction of sp³-hybridized carbons (Fsp3) is 0.421. The SMILES string of the molecule is CC(C)(C)CC(C)(C)C(=O)Nc1ccc2ccccc2c1. The van der Waals surface area contributed by atoms with E-state index in [0.29, 0.717) is 0 Å². The minimum Gasteiger partial charge on any atom is -0.326 e. The maximum atomic E-state index is 12.5. The Kier molecular flexibility index (Phi) is 4.08. The molecule has 0 saturated carbocycles. The van der Waals surface area contributed by atoms with Crippen LogP contribution in [0.4, 0.5) is 5.69 Å². The van der Waals surface area contributed by atoms with Crippen molar-refractivity contribution in [1.29, 1.82) is 0 Å². The number of rotatable bonds is 3. The summed E-state index contributed by atoms with van der Waals surface area (Å²) < 4.78 is 0. The van der Waals surface area contributed by atoms with Gasteiger partial charge in [-0.15, -0.1) is 0 Å². The van der Waals surface area contributed by atoms with E-state index in [-0.39, 0.29) is 16.7 Å². The predicted octanol–water partition coefficient (Wildman–Crippen LogP) is 5.24. The van der Waals surface area contributed by atoms with Crippen LogP contribution >= 0.6 is 0 Å². The summed E-state index contributed by atoms with van der Waals surface area (Å²) in [5, 5.41) is 5.39. The van der Waals surface area contributed by atoms with Crippen LogP contribution < -0.4 is 5.32 Å². The van der Waals surface area contributed by atoms with Gasteiger partial charge in [-0.3, -0.25) is 4.79 Å². The molecule has 2 rings (SSSR count). The van der Waals surface area contributed by atoms with Crippen molar-refractivity contribution < 1.29 is 4.79 Å². The molecule has 0 aliphatic carbocycles. The third-order valence-corrected chi connectivity index (χ3v) is 3.59. The first-order valence-corrected chi connectivity index (χ1v) is 7.48. The van der Waals surface area contributed by atoms with Gasteiger partial charge in [-0.05, 0) is 34.7 Å². The molecule has 0 aromatic heterocycles. The molecule has 21 heavy (non-hydrogen) atoms. The van der Waals surface area contributed by atoms with E-state index in [0.717, 1.165) is 17.5 Å². The van der Waals surface area contributed by atoms with Crippen molar-refractivity contribution in [3.63, 3.8) is 0 Å². The minimum atomic E-state index is -0.385. The lowest BCUT2D eigenvalue weighted by Gasteiger charge is -2.31. The number of hydrogen-bond donors (Lipinski definition) is 1. The Labute approximate surface area is 127 Å². The van der Waals surface area contributed by atoms with E-state index in [1.54, 1.807) is 0 Å². The van der Waals surface area contributed by atoms with Crippen LogP contribution in [0.2, 0.25) is 0 Å². The summed E-state index contributed by atoms with van der Waals surface area (Å²) in [6.07, 6.45) is 0.847. The lowest BCUT2D eigenvalue weighted by Crippen LogP contribution is -2.34. The third kappa shape index (κ3) is 4.07. The number of anilines is 1. The smallest absolute Gasteiger partial charge is 0.230 e. The summed E-state index contributed by atoms with van der Waals surface area (Å²) in [5.41, 5.74) is 0.606. The van der Waals surface area contributed by atoms with Gasteiger partial charge in [-0.2, -0.15) is 0 Å². The first kappa shape index (κ1) is 15.6. The standard InChI is InChI=1S/C19H25NO/c1-18(2,3)13-19(4,5)17(21)20-16-11-10-14-8-6-7-9-15(14)12-16/h6-12H,13H2,1-5H3,(H,20,21). The van der Waals surface area contributed by atoms with Crippen molar-refractivity contribution in [2.75, 3.05) is 5.32 Å². The quantitative estimate of drug-likeness (QED) is 0.820. The number of carbonyl (C=O) groups excluding carboxylic acids is 1. The zero-order valence-electron chi connectivity index (χ0n) is 13.7. The highest BCUT2D eigenvalue weighted by atomic mass is 16.2. The summed E-state index contributed by atoms with van der Waals surface area (Å²) in [4.78, 5) is 12.5. The molecule has 0 heterocycles. The van der Waals surface area contributed by atoms with Gasteiger partial charge in [0.1, 0.15) is 0 Å². The van der Waals surface area contributed by atoms with Crippen molar-refractivity contribution in [1.82, 2.24) is 0 Å². The Bertz CT molecular complexity index is 650. The molecule has 1 amide bonds. The van der Waals surface area contributed by atoms with E-state index in [4.69, 9.17) is 0 Å². The monoisotopic (exact) mass is 283 g/mol. The summed E-state index contributed by atoms with van der Waals surface area (Å²) in [6, 6.07) is 14.2. The Morgan fingerprint density at radius 3 is 2.19 bits per heavy atom. The van der Waals surface area contributed by atoms with Crippen molar-refractivity contribution in [2.45, 2.75) is 41.0 Å². The van der Waals surface area contributed by atoms with Gasteiger partial charge in [0.2, 0.25) is 5.91 Å². The van der Waals surface area contributed by atoms with Crippen molar-refractivity contribution in [3.8, 4) is 0 Å². The number of benzene rings is 2. The zero-order valence-corrected chi connectivity index (χ0v) is 13.7. The number of carbonyl (C=O) groups is 1. The summed E-state index contributed by atoms with van der Waals surface area (Å²) in [6.45, 7) is 10.5. The summed E-state index contributed by atoms with van der Waals surface area (Å²) in [7, 11) is 0. The largest absolute Gasteiger partial charge is 0.326 e. The van der Waals surface area contributed by atoms with Crippen LogP contribution in [0.25, 0.3) is 10.8 Å². The van der Waals surface area contributed by atoms with Crippen molar-refractivity contribution in [3.05, 3.63) is 42.5 Å². The van der Waals surface area contributed by atoms with E-state index in [1.807, 2.05) is 44.2 Å². The van der Waals surface area contributed by atoms with Crippen LogP contribution in [0.5, 0.6) is 0 Å². The molecule has 2 aromatic rings.